The standard InChI is InChI=1S/C14H20N4S/c1-11(2)18(10-12-6-4-3-5-7-12)9-8-13-16-17-14(15)19-13/h3-7,11H,8-10H2,1-2H3,(H2,15,17). The summed E-state index contributed by atoms with van der Waals surface area (Å²) >= 11 is 1.48. The van der Waals surface area contributed by atoms with Gasteiger partial charge in [-0.05, 0) is 19.4 Å². The third-order valence-electron chi connectivity index (χ3n) is 3.05. The van der Waals surface area contributed by atoms with Crippen molar-refractivity contribution in [3.8, 4) is 0 Å². The summed E-state index contributed by atoms with van der Waals surface area (Å²) in [6, 6.07) is 11.0. The molecule has 0 atom stereocenters. The van der Waals surface area contributed by atoms with Crippen molar-refractivity contribution in [1.82, 2.24) is 15.1 Å². The molecule has 2 rings (SSSR count). The van der Waals surface area contributed by atoms with E-state index in [-0.39, 0.29) is 0 Å². The van der Waals surface area contributed by atoms with Crippen molar-refractivity contribution in [2.75, 3.05) is 12.3 Å². The molecule has 1 aromatic carbocycles. The molecule has 1 aromatic heterocycles. The lowest BCUT2D eigenvalue weighted by Gasteiger charge is -2.26. The van der Waals surface area contributed by atoms with Gasteiger partial charge in [-0.1, -0.05) is 41.7 Å². The minimum atomic E-state index is 0.505. The van der Waals surface area contributed by atoms with Crippen LogP contribution in [0.3, 0.4) is 0 Å². The average molecular weight is 276 g/mol. The van der Waals surface area contributed by atoms with E-state index < -0.39 is 0 Å². The third-order valence-corrected chi connectivity index (χ3v) is 3.87. The maximum atomic E-state index is 5.60. The summed E-state index contributed by atoms with van der Waals surface area (Å²) in [7, 11) is 0. The molecule has 0 amide bonds. The van der Waals surface area contributed by atoms with Crippen LogP contribution in [0.5, 0.6) is 0 Å². The number of nitrogens with zero attached hydrogens (tertiary/aromatic N) is 3. The fourth-order valence-electron chi connectivity index (χ4n) is 1.94. The highest BCUT2D eigenvalue weighted by atomic mass is 32.1. The zero-order valence-electron chi connectivity index (χ0n) is 11.4. The minimum absolute atomic E-state index is 0.505. The third kappa shape index (κ3) is 4.29. The molecule has 102 valence electrons. The molecule has 0 bridgehead atoms. The summed E-state index contributed by atoms with van der Waals surface area (Å²) in [4.78, 5) is 2.44. The lowest BCUT2D eigenvalue weighted by atomic mass is 10.2. The van der Waals surface area contributed by atoms with Crippen molar-refractivity contribution >= 4 is 16.5 Å². The minimum Gasteiger partial charge on any atom is -0.374 e. The summed E-state index contributed by atoms with van der Waals surface area (Å²) < 4.78 is 0. The first-order chi connectivity index (χ1) is 9.15. The fraction of sp³-hybridized carbons (Fsp3) is 0.429. The second-order valence-electron chi connectivity index (χ2n) is 4.83. The van der Waals surface area contributed by atoms with E-state index in [0.29, 0.717) is 11.2 Å². The van der Waals surface area contributed by atoms with Gasteiger partial charge in [0.15, 0.2) is 0 Å². The molecule has 4 nitrogen and oxygen atoms in total. The second-order valence-corrected chi connectivity index (χ2v) is 5.93. The molecule has 0 aliphatic carbocycles. The Morgan fingerprint density at radius 3 is 2.53 bits per heavy atom. The van der Waals surface area contributed by atoms with Gasteiger partial charge in [-0.2, -0.15) is 0 Å². The van der Waals surface area contributed by atoms with E-state index in [1.165, 1.54) is 16.9 Å². The van der Waals surface area contributed by atoms with Crippen LogP contribution >= 0.6 is 11.3 Å². The van der Waals surface area contributed by atoms with Gasteiger partial charge in [0.05, 0.1) is 0 Å². The van der Waals surface area contributed by atoms with Crippen LogP contribution in [-0.4, -0.2) is 27.7 Å². The van der Waals surface area contributed by atoms with Crippen LogP contribution in [0.25, 0.3) is 0 Å². The Bertz CT molecular complexity index is 495. The first-order valence-electron chi connectivity index (χ1n) is 6.51. The lowest BCUT2D eigenvalue weighted by Crippen LogP contribution is -2.32. The predicted molar refractivity (Wildman–Crippen MR) is 80.0 cm³/mol. The number of rotatable bonds is 6. The van der Waals surface area contributed by atoms with E-state index in [9.17, 15) is 0 Å². The highest BCUT2D eigenvalue weighted by Crippen LogP contribution is 2.14. The van der Waals surface area contributed by atoms with Crippen molar-refractivity contribution < 1.29 is 0 Å². The lowest BCUT2D eigenvalue weighted by molar-refractivity contribution is 0.215. The Hall–Kier alpha value is -1.46. The van der Waals surface area contributed by atoms with Crippen LogP contribution in [0, 0.1) is 0 Å². The van der Waals surface area contributed by atoms with E-state index in [1.807, 2.05) is 6.07 Å². The molecule has 0 saturated heterocycles. The summed E-state index contributed by atoms with van der Waals surface area (Å²) in [5.74, 6) is 0. The normalized spacial score (nSPS) is 11.4. The van der Waals surface area contributed by atoms with Crippen molar-refractivity contribution in [3.05, 3.63) is 40.9 Å². The molecule has 19 heavy (non-hydrogen) atoms. The van der Waals surface area contributed by atoms with Crippen molar-refractivity contribution in [2.24, 2.45) is 0 Å². The number of hydrogen-bond donors (Lipinski definition) is 1. The summed E-state index contributed by atoms with van der Waals surface area (Å²) in [5.41, 5.74) is 6.94. The van der Waals surface area contributed by atoms with Crippen LogP contribution in [0.4, 0.5) is 5.13 Å². The molecule has 0 unspecified atom stereocenters. The smallest absolute Gasteiger partial charge is 0.203 e. The molecule has 0 spiro atoms. The highest BCUT2D eigenvalue weighted by Gasteiger charge is 2.11. The fourth-order valence-corrected chi connectivity index (χ4v) is 2.54. The van der Waals surface area contributed by atoms with E-state index in [1.54, 1.807) is 0 Å². The molecule has 0 aliphatic heterocycles. The van der Waals surface area contributed by atoms with Crippen LogP contribution in [0.15, 0.2) is 30.3 Å². The molecular weight excluding hydrogens is 256 g/mol. The van der Waals surface area contributed by atoms with Gasteiger partial charge in [0.25, 0.3) is 0 Å². The number of nitrogens with two attached hydrogens (primary N) is 1. The van der Waals surface area contributed by atoms with Gasteiger partial charge in [0.2, 0.25) is 5.13 Å². The largest absolute Gasteiger partial charge is 0.374 e. The van der Waals surface area contributed by atoms with Crippen molar-refractivity contribution in [1.29, 1.82) is 0 Å². The Morgan fingerprint density at radius 2 is 1.95 bits per heavy atom. The number of benzene rings is 1. The molecular formula is C14H20N4S. The monoisotopic (exact) mass is 276 g/mol. The molecule has 0 fully saturated rings. The predicted octanol–water partition coefficient (Wildman–Crippen LogP) is 2.57. The Balaban J connectivity index is 1.93. The van der Waals surface area contributed by atoms with Crippen LogP contribution < -0.4 is 5.73 Å². The van der Waals surface area contributed by atoms with Crippen LogP contribution in [0.1, 0.15) is 24.4 Å². The first-order valence-corrected chi connectivity index (χ1v) is 7.32. The summed E-state index contributed by atoms with van der Waals surface area (Å²) in [5, 5.41) is 9.48. The van der Waals surface area contributed by atoms with Crippen LogP contribution in [0.2, 0.25) is 0 Å². The maximum absolute atomic E-state index is 5.60. The molecule has 2 aromatic rings. The van der Waals surface area contributed by atoms with Gasteiger partial charge in [-0.25, -0.2) is 0 Å². The van der Waals surface area contributed by atoms with Gasteiger partial charge in [0.1, 0.15) is 5.01 Å². The summed E-state index contributed by atoms with van der Waals surface area (Å²) in [6.45, 7) is 6.38. The van der Waals surface area contributed by atoms with Gasteiger partial charge >= 0.3 is 0 Å². The zero-order chi connectivity index (χ0) is 13.7. The van der Waals surface area contributed by atoms with Gasteiger partial charge in [0, 0.05) is 25.6 Å². The maximum Gasteiger partial charge on any atom is 0.203 e. The molecule has 5 heteroatoms. The SMILES string of the molecule is CC(C)N(CCc1nnc(N)s1)Cc1ccccc1. The first kappa shape index (κ1) is 14.0. The van der Waals surface area contributed by atoms with Gasteiger partial charge < -0.3 is 5.73 Å². The molecule has 2 N–H and O–H groups in total. The van der Waals surface area contributed by atoms with E-state index in [2.05, 4.69) is 53.2 Å². The van der Waals surface area contributed by atoms with E-state index in [0.717, 1.165) is 24.5 Å². The number of hydrogen-bond acceptors (Lipinski definition) is 5. The average Bonchev–Trinajstić information content (AvgIpc) is 2.81. The molecule has 0 radical (unpaired) electrons. The topological polar surface area (TPSA) is 55.0 Å². The molecule has 0 aliphatic rings. The second kappa shape index (κ2) is 6.63. The van der Waals surface area contributed by atoms with Crippen molar-refractivity contribution in [2.45, 2.75) is 32.9 Å². The van der Waals surface area contributed by atoms with Crippen molar-refractivity contribution in [3.63, 3.8) is 0 Å². The van der Waals surface area contributed by atoms with E-state index >= 15 is 0 Å². The highest BCUT2D eigenvalue weighted by molar-refractivity contribution is 7.15. The molecule has 0 saturated carbocycles. The Labute approximate surface area is 118 Å². The molecule has 1 heterocycles. The summed E-state index contributed by atoms with van der Waals surface area (Å²) in [6.07, 6.45) is 0.903. The van der Waals surface area contributed by atoms with Crippen LogP contribution in [-0.2, 0) is 13.0 Å². The Morgan fingerprint density at radius 1 is 1.21 bits per heavy atom. The van der Waals surface area contributed by atoms with Gasteiger partial charge in [-0.15, -0.1) is 10.2 Å². The number of anilines is 1. The number of aromatic nitrogens is 2. The van der Waals surface area contributed by atoms with E-state index in [4.69, 9.17) is 5.73 Å². The Kier molecular flexibility index (Phi) is 4.87. The quantitative estimate of drug-likeness (QED) is 0.881. The number of nitrogen functional groups attached to an aromatic ring is 1. The zero-order valence-corrected chi connectivity index (χ0v) is 12.2. The van der Waals surface area contributed by atoms with Gasteiger partial charge in [-0.3, -0.25) is 4.90 Å².